The first-order chi connectivity index (χ1) is 14.4. The van der Waals surface area contributed by atoms with Crippen molar-refractivity contribution in [3.05, 3.63) is 81.3 Å². The van der Waals surface area contributed by atoms with Crippen LogP contribution in [-0.4, -0.2) is 34.7 Å². The van der Waals surface area contributed by atoms with Crippen LogP contribution in [-0.2, 0) is 13.1 Å². The molecule has 0 saturated heterocycles. The van der Waals surface area contributed by atoms with Crippen molar-refractivity contribution in [2.24, 2.45) is 0 Å². The van der Waals surface area contributed by atoms with Gasteiger partial charge in [-0.05, 0) is 43.2 Å². The van der Waals surface area contributed by atoms with Crippen molar-refractivity contribution in [2.45, 2.75) is 26.9 Å². The van der Waals surface area contributed by atoms with E-state index < -0.39 is 5.91 Å². The van der Waals surface area contributed by atoms with Gasteiger partial charge in [0.15, 0.2) is 0 Å². The van der Waals surface area contributed by atoms with Gasteiger partial charge in [0.1, 0.15) is 17.1 Å². The number of hydrogen-bond acceptors (Lipinski definition) is 6. The van der Waals surface area contributed by atoms with Gasteiger partial charge in [-0.15, -0.1) is 0 Å². The Morgan fingerprint density at radius 1 is 1.07 bits per heavy atom. The van der Waals surface area contributed by atoms with Crippen molar-refractivity contribution in [3.8, 4) is 11.5 Å². The van der Waals surface area contributed by atoms with Crippen molar-refractivity contribution in [3.63, 3.8) is 0 Å². The van der Waals surface area contributed by atoms with Gasteiger partial charge in [0.2, 0.25) is 0 Å². The van der Waals surface area contributed by atoms with Gasteiger partial charge in [0, 0.05) is 25.0 Å². The molecule has 156 valence electrons. The van der Waals surface area contributed by atoms with E-state index in [4.69, 9.17) is 9.47 Å². The number of carbonyl (C=O) groups excluding carboxylic acids is 1. The third kappa shape index (κ3) is 4.83. The van der Waals surface area contributed by atoms with Crippen LogP contribution in [0.4, 0.5) is 0 Å². The van der Waals surface area contributed by atoms with Crippen LogP contribution in [0.3, 0.4) is 0 Å². The molecule has 0 aliphatic heterocycles. The lowest BCUT2D eigenvalue weighted by molar-refractivity contribution is 0.0948. The van der Waals surface area contributed by atoms with Crippen LogP contribution in [0.2, 0.25) is 0 Å². The van der Waals surface area contributed by atoms with E-state index in [-0.39, 0.29) is 24.2 Å². The zero-order chi connectivity index (χ0) is 21.7. The number of methoxy groups -OCH3 is 2. The number of ether oxygens (including phenoxy) is 2. The van der Waals surface area contributed by atoms with E-state index in [1.54, 1.807) is 64.0 Å². The summed E-state index contributed by atoms with van der Waals surface area (Å²) in [5.74, 6) is 0.802. The van der Waals surface area contributed by atoms with Crippen molar-refractivity contribution >= 4 is 5.91 Å². The molecule has 3 aromatic rings. The summed E-state index contributed by atoms with van der Waals surface area (Å²) in [5.41, 5.74) is 2.56. The summed E-state index contributed by atoms with van der Waals surface area (Å²) < 4.78 is 12.0. The molecule has 3 rings (SSSR count). The number of pyridine rings is 1. The number of benzene rings is 1. The normalized spacial score (nSPS) is 10.5. The third-order valence-electron chi connectivity index (χ3n) is 4.63. The molecule has 0 unspecified atom stereocenters. The van der Waals surface area contributed by atoms with E-state index in [2.05, 4.69) is 15.3 Å². The van der Waals surface area contributed by atoms with Crippen molar-refractivity contribution in [2.75, 3.05) is 14.2 Å². The molecule has 0 bridgehead atoms. The Bertz CT molecular complexity index is 1080. The molecule has 1 N–H and O–H groups in total. The summed E-state index contributed by atoms with van der Waals surface area (Å²) in [6, 6.07) is 7.09. The first kappa shape index (κ1) is 21.0. The quantitative estimate of drug-likeness (QED) is 0.644. The molecule has 2 heterocycles. The van der Waals surface area contributed by atoms with E-state index in [1.165, 1.54) is 4.57 Å². The van der Waals surface area contributed by atoms with Gasteiger partial charge in [-0.1, -0.05) is 0 Å². The highest BCUT2D eigenvalue weighted by Crippen LogP contribution is 2.22. The van der Waals surface area contributed by atoms with Crippen LogP contribution in [0.15, 0.2) is 47.7 Å². The third-order valence-corrected chi connectivity index (χ3v) is 4.63. The van der Waals surface area contributed by atoms with E-state index in [0.717, 1.165) is 11.3 Å². The zero-order valence-electron chi connectivity index (χ0n) is 17.4. The highest BCUT2D eigenvalue weighted by atomic mass is 16.5. The van der Waals surface area contributed by atoms with E-state index >= 15 is 0 Å². The molecule has 0 saturated carbocycles. The van der Waals surface area contributed by atoms with E-state index in [9.17, 15) is 9.59 Å². The van der Waals surface area contributed by atoms with Gasteiger partial charge in [-0.25, -0.2) is 0 Å². The maximum absolute atomic E-state index is 12.9. The summed E-state index contributed by atoms with van der Waals surface area (Å²) in [6.07, 6.45) is 4.92. The first-order valence-electron chi connectivity index (χ1n) is 9.39. The molecule has 1 amide bonds. The van der Waals surface area contributed by atoms with Crippen LogP contribution in [0, 0.1) is 13.8 Å². The molecule has 0 aliphatic rings. The standard InChI is InChI=1S/C22H24N4O4/c1-14-5-6-26(13-17-12-23-15(2)10-24-17)22(28)20(14)21(27)25-11-16-7-18(29-3)9-19(8-16)30-4/h5-10,12H,11,13H2,1-4H3,(H,25,27). The molecule has 8 heteroatoms. The lowest BCUT2D eigenvalue weighted by Gasteiger charge is -2.12. The molecule has 0 atom stereocenters. The minimum atomic E-state index is -0.441. The van der Waals surface area contributed by atoms with Crippen LogP contribution in [0.1, 0.15) is 32.9 Å². The largest absolute Gasteiger partial charge is 0.497 e. The molecule has 0 aliphatic carbocycles. The SMILES string of the molecule is COc1cc(CNC(=O)c2c(C)ccn(Cc3cnc(C)cn3)c2=O)cc(OC)c1. The second-order valence-corrected chi connectivity index (χ2v) is 6.86. The zero-order valence-corrected chi connectivity index (χ0v) is 17.4. The number of aromatic nitrogens is 3. The molecule has 0 radical (unpaired) electrons. The highest BCUT2D eigenvalue weighted by Gasteiger charge is 2.16. The summed E-state index contributed by atoms with van der Waals surface area (Å²) in [6.45, 7) is 4.04. The molecule has 8 nitrogen and oxygen atoms in total. The molecule has 30 heavy (non-hydrogen) atoms. The predicted octanol–water partition coefficient (Wildman–Crippen LogP) is 2.25. The molecular weight excluding hydrogens is 384 g/mol. The summed E-state index contributed by atoms with van der Waals surface area (Å²) in [5, 5.41) is 2.81. The Balaban J connectivity index is 1.80. The lowest BCUT2D eigenvalue weighted by atomic mass is 10.1. The molecule has 0 spiro atoms. The van der Waals surface area contributed by atoms with Gasteiger partial charge in [0.25, 0.3) is 11.5 Å². The monoisotopic (exact) mass is 408 g/mol. The number of hydrogen-bond donors (Lipinski definition) is 1. The number of carbonyl (C=O) groups is 1. The molecule has 1 aromatic carbocycles. The fourth-order valence-corrected chi connectivity index (χ4v) is 2.98. The van der Waals surface area contributed by atoms with E-state index in [1.807, 2.05) is 6.92 Å². The number of amides is 1. The Kier molecular flexibility index (Phi) is 6.46. The maximum atomic E-state index is 12.9. The number of nitrogens with one attached hydrogen (secondary N) is 1. The maximum Gasteiger partial charge on any atom is 0.264 e. The minimum Gasteiger partial charge on any atom is -0.497 e. The number of aryl methyl sites for hydroxylation is 2. The Hall–Kier alpha value is -3.68. The second kappa shape index (κ2) is 9.21. The molecular formula is C22H24N4O4. The van der Waals surface area contributed by atoms with Gasteiger partial charge in [-0.2, -0.15) is 0 Å². The molecule has 2 aromatic heterocycles. The smallest absolute Gasteiger partial charge is 0.264 e. The van der Waals surface area contributed by atoms with Crippen molar-refractivity contribution in [1.82, 2.24) is 19.9 Å². The number of rotatable bonds is 7. The van der Waals surface area contributed by atoms with Crippen LogP contribution < -0.4 is 20.3 Å². The van der Waals surface area contributed by atoms with Gasteiger partial charge in [0.05, 0.1) is 38.3 Å². The fourth-order valence-electron chi connectivity index (χ4n) is 2.98. The van der Waals surface area contributed by atoms with Crippen LogP contribution in [0.5, 0.6) is 11.5 Å². The van der Waals surface area contributed by atoms with Gasteiger partial charge >= 0.3 is 0 Å². The van der Waals surface area contributed by atoms with Gasteiger partial charge < -0.3 is 19.4 Å². The summed E-state index contributed by atoms with van der Waals surface area (Å²) in [7, 11) is 3.12. The predicted molar refractivity (Wildman–Crippen MR) is 112 cm³/mol. The van der Waals surface area contributed by atoms with Crippen LogP contribution in [0.25, 0.3) is 0 Å². The average Bonchev–Trinajstić information content (AvgIpc) is 2.75. The average molecular weight is 408 g/mol. The number of nitrogens with zero attached hydrogens (tertiary/aromatic N) is 3. The second-order valence-electron chi connectivity index (χ2n) is 6.86. The Morgan fingerprint density at radius 2 is 1.77 bits per heavy atom. The van der Waals surface area contributed by atoms with E-state index in [0.29, 0.717) is 22.8 Å². The minimum absolute atomic E-state index is 0.104. The summed E-state index contributed by atoms with van der Waals surface area (Å²) in [4.78, 5) is 34.2. The van der Waals surface area contributed by atoms with Crippen molar-refractivity contribution < 1.29 is 14.3 Å². The summed E-state index contributed by atoms with van der Waals surface area (Å²) >= 11 is 0. The lowest BCUT2D eigenvalue weighted by Crippen LogP contribution is -2.34. The molecule has 0 fully saturated rings. The highest BCUT2D eigenvalue weighted by molar-refractivity contribution is 5.95. The fraction of sp³-hybridized carbons (Fsp3) is 0.273. The van der Waals surface area contributed by atoms with Crippen LogP contribution >= 0.6 is 0 Å². The Labute approximate surface area is 174 Å². The first-order valence-corrected chi connectivity index (χ1v) is 9.39. The van der Waals surface area contributed by atoms with Crippen molar-refractivity contribution in [1.29, 1.82) is 0 Å². The van der Waals surface area contributed by atoms with Gasteiger partial charge in [-0.3, -0.25) is 19.6 Å². The Morgan fingerprint density at radius 3 is 2.37 bits per heavy atom. The topological polar surface area (TPSA) is 95.3 Å².